The van der Waals surface area contributed by atoms with Gasteiger partial charge in [-0.15, -0.1) is 0 Å². The quantitative estimate of drug-likeness (QED) is 0.0814. The first-order valence-corrected chi connectivity index (χ1v) is 25.5. The van der Waals surface area contributed by atoms with Crippen LogP contribution in [0.1, 0.15) is 51.4 Å². The smallest absolute Gasteiger partial charge is 0.253 e. The minimum atomic E-state index is -1.56. The van der Waals surface area contributed by atoms with E-state index in [4.69, 9.17) is 37.9 Å². The van der Waals surface area contributed by atoms with Crippen LogP contribution in [0.2, 0.25) is 0 Å². The van der Waals surface area contributed by atoms with Gasteiger partial charge in [-0.1, -0.05) is 49.9 Å². The van der Waals surface area contributed by atoms with Crippen molar-refractivity contribution in [3.05, 3.63) is 90.0 Å². The Morgan fingerprint density at radius 1 is 0.806 bits per heavy atom. The minimum Gasteiger partial charge on any atom is -0.393 e. The Morgan fingerprint density at radius 3 is 2.04 bits per heavy atom. The van der Waals surface area contributed by atoms with Crippen LogP contribution in [0.3, 0.4) is 0 Å². The van der Waals surface area contributed by atoms with Crippen molar-refractivity contribution >= 4 is 46.7 Å². The first-order valence-electron chi connectivity index (χ1n) is 24.7. The Balaban J connectivity index is 0.695. The summed E-state index contributed by atoms with van der Waals surface area (Å²) in [6.45, 7) is 7.55. The van der Waals surface area contributed by atoms with Gasteiger partial charge < -0.3 is 53.4 Å². The standard InChI is InChI=1S/C53H65FN2O15S/c1-51-14-12-36(58)29-41(51)42(54)30-39-40-31-45-53(44(60)33-57,52(40,2)32-43(59)49(39)51)71-50(70-45)34-6-8-37(9-7-34)72-38-5-3-4-35(28-38)55-46(61)13-16-64-18-20-66-22-24-68-26-27-69-25-23-67-21-19-65-17-15-56-47(62)10-11-48(56)63/h3-12,14,28-29,39-40,42-43,45,49-50,57,59H,13,15-27,30-33H2,1-2H3,(H,55,61)/t39-,40-,42-,43-,45+,49?,50+,51-,52-,53+/m0/s1. The second-order valence-electron chi connectivity index (χ2n) is 19.3. The molecular formula is C53H65FN2O15S. The molecule has 2 aliphatic heterocycles. The van der Waals surface area contributed by atoms with E-state index in [1.54, 1.807) is 6.08 Å². The molecular weight excluding hydrogens is 956 g/mol. The number of Topliss-reactive ketones (excluding diaryl/α,β-unsaturated/α-hetero) is 1. The van der Waals surface area contributed by atoms with E-state index < -0.39 is 53.5 Å². The molecule has 4 aliphatic carbocycles. The third-order valence-corrected chi connectivity index (χ3v) is 16.0. The molecule has 2 heterocycles. The number of rotatable bonds is 27. The molecule has 4 fully saturated rings. The molecule has 1 saturated heterocycles. The SMILES string of the molecule is C[C@]12C=CC(=O)C=C1[C@@H](F)C[C@@H]1C2[C@@H](O)C[C@@]2(C)[C@H]1C[C@H]1O[C@@H](c3ccc(Sc4cccc(NC(=O)CCOCCOCCOCCOCCOCCOCCN5C(=O)C=CC5=O)c4)cc3)O[C@]12C(=O)CO. The predicted octanol–water partition coefficient (Wildman–Crippen LogP) is 4.74. The zero-order valence-corrected chi connectivity index (χ0v) is 41.5. The van der Waals surface area contributed by atoms with Gasteiger partial charge in [-0.3, -0.25) is 28.9 Å². The van der Waals surface area contributed by atoms with E-state index in [9.17, 15) is 34.2 Å². The zero-order chi connectivity index (χ0) is 50.9. The number of nitrogens with zero attached hydrogens (tertiary/aromatic N) is 1. The van der Waals surface area contributed by atoms with Crippen LogP contribution in [0.5, 0.6) is 0 Å². The summed E-state index contributed by atoms with van der Waals surface area (Å²) in [5.74, 6) is -2.56. The van der Waals surface area contributed by atoms with Gasteiger partial charge >= 0.3 is 0 Å². The monoisotopic (exact) mass is 1020 g/mol. The van der Waals surface area contributed by atoms with Crippen molar-refractivity contribution in [1.82, 2.24) is 4.90 Å². The third-order valence-electron chi connectivity index (χ3n) is 15.0. The lowest BCUT2D eigenvalue weighted by Gasteiger charge is -2.60. The van der Waals surface area contributed by atoms with Crippen molar-refractivity contribution in [1.29, 1.82) is 0 Å². The molecule has 1 unspecified atom stereocenters. The molecule has 0 spiro atoms. The van der Waals surface area contributed by atoms with Gasteiger partial charge in [-0.25, -0.2) is 4.39 Å². The number of imide groups is 1. The van der Waals surface area contributed by atoms with Gasteiger partial charge in [0.2, 0.25) is 5.91 Å². The summed E-state index contributed by atoms with van der Waals surface area (Å²) < 4.78 is 62.2. The lowest BCUT2D eigenvalue weighted by molar-refractivity contribution is -0.203. The van der Waals surface area contributed by atoms with Gasteiger partial charge in [-0.05, 0) is 79.2 Å². The number of benzene rings is 2. The highest BCUT2D eigenvalue weighted by Gasteiger charge is 2.76. The maximum absolute atomic E-state index is 16.0. The largest absolute Gasteiger partial charge is 0.393 e. The van der Waals surface area contributed by atoms with Gasteiger partial charge in [0.15, 0.2) is 23.5 Å². The van der Waals surface area contributed by atoms with Crippen LogP contribution in [0.25, 0.3) is 0 Å². The number of amides is 3. The summed E-state index contributed by atoms with van der Waals surface area (Å²) in [5.41, 5.74) is -1.65. The van der Waals surface area contributed by atoms with Crippen molar-refractivity contribution < 1.29 is 76.5 Å². The number of aliphatic hydroxyl groups excluding tert-OH is 2. The van der Waals surface area contributed by atoms with Crippen LogP contribution in [0, 0.1) is 28.6 Å². The van der Waals surface area contributed by atoms with E-state index in [0.29, 0.717) is 89.3 Å². The molecule has 17 nitrogen and oxygen atoms in total. The number of aliphatic hydroxyl groups is 2. The molecule has 3 N–H and O–H groups in total. The molecule has 3 amide bonds. The maximum atomic E-state index is 16.0. The average molecular weight is 1020 g/mol. The van der Waals surface area contributed by atoms with Crippen LogP contribution >= 0.6 is 11.8 Å². The van der Waals surface area contributed by atoms with Crippen LogP contribution < -0.4 is 5.32 Å². The molecule has 390 valence electrons. The van der Waals surface area contributed by atoms with E-state index in [1.165, 1.54) is 36.1 Å². The molecule has 10 atom stereocenters. The van der Waals surface area contributed by atoms with Crippen LogP contribution in [-0.2, 0) is 61.9 Å². The van der Waals surface area contributed by atoms with Crippen molar-refractivity contribution in [2.75, 3.05) is 97.8 Å². The van der Waals surface area contributed by atoms with Gasteiger partial charge in [0.1, 0.15) is 12.8 Å². The summed E-state index contributed by atoms with van der Waals surface area (Å²) >= 11 is 1.50. The van der Waals surface area contributed by atoms with Gasteiger partial charge in [0, 0.05) is 49.9 Å². The molecule has 0 radical (unpaired) electrons. The molecule has 0 aromatic heterocycles. The first-order chi connectivity index (χ1) is 34.8. The number of allylic oxidation sites excluding steroid dienone is 4. The zero-order valence-electron chi connectivity index (χ0n) is 40.7. The van der Waals surface area contributed by atoms with Crippen molar-refractivity contribution in [3.8, 4) is 0 Å². The fourth-order valence-corrected chi connectivity index (χ4v) is 12.6. The molecule has 8 rings (SSSR count). The normalized spacial score (nSPS) is 30.3. The summed E-state index contributed by atoms with van der Waals surface area (Å²) in [6, 6.07) is 15.1. The molecule has 0 bridgehead atoms. The van der Waals surface area contributed by atoms with Crippen molar-refractivity contribution in [2.24, 2.45) is 28.6 Å². The van der Waals surface area contributed by atoms with Gasteiger partial charge in [0.25, 0.3) is 11.8 Å². The fraction of sp³-hybridized carbons (Fsp3) is 0.566. The Hall–Kier alpha value is -4.51. The summed E-state index contributed by atoms with van der Waals surface area (Å²) in [5, 5.41) is 25.2. The van der Waals surface area contributed by atoms with E-state index in [2.05, 4.69) is 5.32 Å². The van der Waals surface area contributed by atoms with Crippen LogP contribution in [0.15, 0.2) is 94.3 Å². The Labute approximate surface area is 422 Å². The number of fused-ring (bicyclic) bond motifs is 7. The second kappa shape index (κ2) is 24.2. The van der Waals surface area contributed by atoms with Gasteiger partial charge in [-0.2, -0.15) is 0 Å². The molecule has 19 heteroatoms. The molecule has 2 aromatic rings. The summed E-state index contributed by atoms with van der Waals surface area (Å²) in [6.07, 6.45) is 3.97. The number of alkyl halides is 1. The number of anilines is 1. The molecule has 3 saturated carbocycles. The first kappa shape index (κ1) is 53.8. The average Bonchev–Trinajstić information content (AvgIpc) is 3.99. The Kier molecular flexibility index (Phi) is 18.1. The number of hydrogen-bond acceptors (Lipinski definition) is 16. The van der Waals surface area contributed by atoms with Gasteiger partial charge in [0.05, 0.1) is 104 Å². The fourth-order valence-electron chi connectivity index (χ4n) is 11.7. The predicted molar refractivity (Wildman–Crippen MR) is 258 cm³/mol. The number of halogens is 1. The number of ether oxygens (including phenoxy) is 8. The highest BCUT2D eigenvalue weighted by atomic mass is 32.2. The number of carbonyl (C=O) groups excluding carboxylic acids is 5. The Bertz CT molecular complexity index is 2350. The number of hydrogen-bond donors (Lipinski definition) is 3. The molecule has 2 aromatic carbocycles. The third kappa shape index (κ3) is 11.7. The number of nitrogens with one attached hydrogen (secondary N) is 1. The number of carbonyl (C=O) groups is 5. The lowest BCUT2D eigenvalue weighted by atomic mass is 9.46. The highest BCUT2D eigenvalue weighted by molar-refractivity contribution is 7.99. The molecule has 72 heavy (non-hydrogen) atoms. The minimum absolute atomic E-state index is 0.112. The Morgan fingerprint density at radius 2 is 1.42 bits per heavy atom. The second-order valence-corrected chi connectivity index (χ2v) is 20.4. The number of ketones is 2. The molecule has 6 aliphatic rings. The van der Waals surface area contributed by atoms with E-state index in [0.717, 1.165) is 14.7 Å². The summed E-state index contributed by atoms with van der Waals surface area (Å²) in [7, 11) is 0. The highest BCUT2D eigenvalue weighted by Crippen LogP contribution is 2.70. The van der Waals surface area contributed by atoms with E-state index in [-0.39, 0.29) is 80.3 Å². The summed E-state index contributed by atoms with van der Waals surface area (Å²) in [4.78, 5) is 64.8. The topological polar surface area (TPSA) is 215 Å². The van der Waals surface area contributed by atoms with E-state index >= 15 is 4.39 Å². The van der Waals surface area contributed by atoms with E-state index in [1.807, 2.05) is 62.4 Å². The maximum Gasteiger partial charge on any atom is 0.253 e. The van der Waals surface area contributed by atoms with Crippen molar-refractivity contribution in [3.63, 3.8) is 0 Å². The van der Waals surface area contributed by atoms with Crippen molar-refractivity contribution in [2.45, 2.75) is 79.6 Å². The van der Waals surface area contributed by atoms with Crippen LogP contribution in [0.4, 0.5) is 10.1 Å². The van der Waals surface area contributed by atoms with Crippen LogP contribution in [-0.4, -0.2) is 161 Å². The lowest BCUT2D eigenvalue weighted by Crippen LogP contribution is -2.64.